The zero-order valence-corrected chi connectivity index (χ0v) is 11.0. The van der Waals surface area contributed by atoms with Crippen molar-refractivity contribution >= 4 is 11.9 Å². The average molecular weight is 257 g/mol. The Morgan fingerprint density at radius 3 is 2.67 bits per heavy atom. The summed E-state index contributed by atoms with van der Waals surface area (Å²) >= 11 is 0. The van der Waals surface area contributed by atoms with Gasteiger partial charge in [-0.3, -0.25) is 4.79 Å². The van der Waals surface area contributed by atoms with Crippen molar-refractivity contribution in [2.24, 2.45) is 0 Å². The molecule has 1 amide bonds. The van der Waals surface area contributed by atoms with Crippen LogP contribution in [0.4, 0.5) is 0 Å². The summed E-state index contributed by atoms with van der Waals surface area (Å²) in [4.78, 5) is 22.2. The van der Waals surface area contributed by atoms with Gasteiger partial charge in [-0.15, -0.1) is 0 Å². The zero-order valence-electron chi connectivity index (χ0n) is 11.0. The molecule has 5 heteroatoms. The number of nitrogens with one attached hydrogen (secondary N) is 1. The van der Waals surface area contributed by atoms with Crippen molar-refractivity contribution < 1.29 is 19.4 Å². The van der Waals surface area contributed by atoms with Crippen molar-refractivity contribution in [1.82, 2.24) is 5.32 Å². The lowest BCUT2D eigenvalue weighted by Gasteiger charge is -2.12. The average Bonchev–Trinajstić information content (AvgIpc) is 2.81. The second-order valence-corrected chi connectivity index (χ2v) is 4.78. The van der Waals surface area contributed by atoms with Crippen LogP contribution in [0.5, 0.6) is 0 Å². The number of aliphatic carboxylic acids is 1. The van der Waals surface area contributed by atoms with Crippen LogP contribution < -0.4 is 5.32 Å². The number of carbonyl (C=O) groups is 2. The SMILES string of the molecule is CCCCCCC(=O)NCC1CCC(C(=O)O)O1. The minimum atomic E-state index is -0.914. The number of carbonyl (C=O) groups excluding carboxylic acids is 1. The van der Waals surface area contributed by atoms with Gasteiger partial charge in [0.25, 0.3) is 0 Å². The fourth-order valence-electron chi connectivity index (χ4n) is 2.07. The molecule has 2 unspecified atom stereocenters. The summed E-state index contributed by atoms with van der Waals surface area (Å²) in [7, 11) is 0. The first-order chi connectivity index (χ1) is 8.63. The first-order valence-corrected chi connectivity index (χ1v) is 6.78. The summed E-state index contributed by atoms with van der Waals surface area (Å²) in [5.74, 6) is -0.878. The van der Waals surface area contributed by atoms with Crippen LogP contribution in [0.2, 0.25) is 0 Å². The predicted octanol–water partition coefficient (Wildman–Crippen LogP) is 1.71. The van der Waals surface area contributed by atoms with Gasteiger partial charge in [0.15, 0.2) is 6.10 Å². The van der Waals surface area contributed by atoms with Gasteiger partial charge < -0.3 is 15.2 Å². The van der Waals surface area contributed by atoms with E-state index in [1.165, 1.54) is 6.42 Å². The molecule has 104 valence electrons. The number of hydrogen-bond acceptors (Lipinski definition) is 3. The molecule has 0 aromatic carbocycles. The highest BCUT2D eigenvalue weighted by molar-refractivity contribution is 5.76. The minimum absolute atomic E-state index is 0.0356. The van der Waals surface area contributed by atoms with Crippen LogP contribution in [0, 0.1) is 0 Å². The third kappa shape index (κ3) is 5.49. The van der Waals surface area contributed by atoms with Crippen LogP contribution >= 0.6 is 0 Å². The van der Waals surface area contributed by atoms with E-state index in [0.717, 1.165) is 19.3 Å². The largest absolute Gasteiger partial charge is 0.479 e. The van der Waals surface area contributed by atoms with Crippen LogP contribution in [0.25, 0.3) is 0 Å². The molecule has 1 fully saturated rings. The van der Waals surface area contributed by atoms with E-state index in [1.54, 1.807) is 0 Å². The highest BCUT2D eigenvalue weighted by Crippen LogP contribution is 2.19. The molecule has 1 heterocycles. The molecule has 1 rings (SSSR count). The van der Waals surface area contributed by atoms with E-state index in [4.69, 9.17) is 9.84 Å². The second-order valence-electron chi connectivity index (χ2n) is 4.78. The fraction of sp³-hybridized carbons (Fsp3) is 0.846. The van der Waals surface area contributed by atoms with Gasteiger partial charge >= 0.3 is 5.97 Å². The standard InChI is InChI=1S/C13H23NO4/c1-2-3-4-5-6-12(15)14-9-10-7-8-11(18-10)13(16)17/h10-11H,2-9H2,1H3,(H,14,15)(H,16,17). The zero-order chi connectivity index (χ0) is 13.4. The molecule has 1 aliphatic rings. The lowest BCUT2D eigenvalue weighted by Crippen LogP contribution is -2.32. The molecule has 0 aromatic heterocycles. The maximum absolute atomic E-state index is 11.5. The Morgan fingerprint density at radius 2 is 2.06 bits per heavy atom. The summed E-state index contributed by atoms with van der Waals surface area (Å²) in [6.07, 6.45) is 5.28. The lowest BCUT2D eigenvalue weighted by molar-refractivity contribution is -0.149. The Balaban J connectivity index is 2.07. The molecular formula is C13H23NO4. The number of unbranched alkanes of at least 4 members (excludes halogenated alkanes) is 3. The highest BCUT2D eigenvalue weighted by atomic mass is 16.5. The molecule has 0 radical (unpaired) electrons. The molecule has 18 heavy (non-hydrogen) atoms. The van der Waals surface area contributed by atoms with E-state index in [1.807, 2.05) is 0 Å². The van der Waals surface area contributed by atoms with Crippen LogP contribution in [-0.2, 0) is 14.3 Å². The molecule has 1 saturated heterocycles. The van der Waals surface area contributed by atoms with Crippen molar-refractivity contribution in [3.8, 4) is 0 Å². The quantitative estimate of drug-likeness (QED) is 0.649. The summed E-state index contributed by atoms with van der Waals surface area (Å²) in [5, 5.41) is 11.6. The van der Waals surface area contributed by atoms with Crippen LogP contribution in [-0.4, -0.2) is 35.7 Å². The van der Waals surface area contributed by atoms with Crippen LogP contribution in [0.15, 0.2) is 0 Å². The van der Waals surface area contributed by atoms with Crippen molar-refractivity contribution in [3.05, 3.63) is 0 Å². The third-order valence-electron chi connectivity index (χ3n) is 3.17. The van der Waals surface area contributed by atoms with Crippen LogP contribution in [0.3, 0.4) is 0 Å². The molecule has 0 spiro atoms. The number of rotatable bonds is 8. The van der Waals surface area contributed by atoms with Gasteiger partial charge in [-0.05, 0) is 19.3 Å². The van der Waals surface area contributed by atoms with E-state index in [9.17, 15) is 9.59 Å². The summed E-state index contributed by atoms with van der Waals surface area (Å²) < 4.78 is 5.30. The molecule has 2 N–H and O–H groups in total. The fourth-order valence-corrected chi connectivity index (χ4v) is 2.07. The first-order valence-electron chi connectivity index (χ1n) is 6.78. The van der Waals surface area contributed by atoms with Crippen LogP contribution in [0.1, 0.15) is 51.9 Å². The highest BCUT2D eigenvalue weighted by Gasteiger charge is 2.30. The smallest absolute Gasteiger partial charge is 0.332 e. The van der Waals surface area contributed by atoms with Crippen molar-refractivity contribution in [2.45, 2.75) is 64.1 Å². The van der Waals surface area contributed by atoms with Gasteiger partial charge in [0.1, 0.15) is 0 Å². The van der Waals surface area contributed by atoms with Crippen molar-refractivity contribution in [2.75, 3.05) is 6.54 Å². The third-order valence-corrected chi connectivity index (χ3v) is 3.17. The lowest BCUT2D eigenvalue weighted by atomic mass is 10.1. The number of carboxylic acids is 1. The molecule has 0 aliphatic carbocycles. The van der Waals surface area contributed by atoms with Gasteiger partial charge in [0.05, 0.1) is 6.10 Å². The molecule has 2 atom stereocenters. The first kappa shape index (κ1) is 15.0. The topological polar surface area (TPSA) is 75.6 Å². The molecule has 0 aromatic rings. The summed E-state index contributed by atoms with van der Waals surface area (Å²) in [6.45, 7) is 2.56. The Morgan fingerprint density at radius 1 is 1.28 bits per heavy atom. The second kappa shape index (κ2) is 8.08. The van der Waals surface area contributed by atoms with E-state index < -0.39 is 12.1 Å². The maximum Gasteiger partial charge on any atom is 0.332 e. The van der Waals surface area contributed by atoms with Crippen molar-refractivity contribution in [3.63, 3.8) is 0 Å². The Labute approximate surface area is 108 Å². The minimum Gasteiger partial charge on any atom is -0.479 e. The molecular weight excluding hydrogens is 234 g/mol. The monoisotopic (exact) mass is 257 g/mol. The summed E-state index contributed by atoms with van der Waals surface area (Å²) in [6, 6.07) is 0. The normalized spacial score (nSPS) is 22.9. The number of ether oxygens (including phenoxy) is 1. The summed E-state index contributed by atoms with van der Waals surface area (Å²) in [5.41, 5.74) is 0. The molecule has 1 aliphatic heterocycles. The van der Waals surface area contributed by atoms with Gasteiger partial charge in [-0.1, -0.05) is 26.2 Å². The molecule has 0 bridgehead atoms. The Bertz CT molecular complexity index is 280. The molecule has 5 nitrogen and oxygen atoms in total. The van der Waals surface area contributed by atoms with Gasteiger partial charge in [0.2, 0.25) is 5.91 Å². The number of amides is 1. The van der Waals surface area contributed by atoms with E-state index in [-0.39, 0.29) is 12.0 Å². The molecule has 0 saturated carbocycles. The van der Waals surface area contributed by atoms with Gasteiger partial charge in [0, 0.05) is 13.0 Å². The van der Waals surface area contributed by atoms with E-state index in [0.29, 0.717) is 25.8 Å². The van der Waals surface area contributed by atoms with E-state index in [2.05, 4.69) is 12.2 Å². The van der Waals surface area contributed by atoms with Crippen molar-refractivity contribution in [1.29, 1.82) is 0 Å². The van der Waals surface area contributed by atoms with E-state index >= 15 is 0 Å². The Hall–Kier alpha value is -1.10. The Kier molecular flexibility index (Phi) is 6.72. The predicted molar refractivity (Wildman–Crippen MR) is 67.3 cm³/mol. The maximum atomic E-state index is 11.5. The van der Waals surface area contributed by atoms with Gasteiger partial charge in [-0.25, -0.2) is 4.79 Å². The number of carboxylic acid groups (broad SMARTS) is 1. The van der Waals surface area contributed by atoms with Gasteiger partial charge in [-0.2, -0.15) is 0 Å². The number of hydrogen-bond donors (Lipinski definition) is 2.